The minimum absolute atomic E-state index is 0.508. The van der Waals surface area contributed by atoms with Gasteiger partial charge in [0, 0.05) is 28.8 Å². The first-order valence-electron chi connectivity index (χ1n) is 10.3. The van der Waals surface area contributed by atoms with Crippen molar-refractivity contribution in [3.05, 3.63) is 83.4 Å². The third kappa shape index (κ3) is 4.97. The molecular formula is C25H26N4S2. The number of hydrogen-bond acceptors (Lipinski definition) is 5. The van der Waals surface area contributed by atoms with Crippen LogP contribution in [0.4, 0.5) is 0 Å². The number of thioether (sulfide) groups is 1. The highest BCUT2D eigenvalue weighted by atomic mass is 32.2. The van der Waals surface area contributed by atoms with Crippen molar-refractivity contribution in [3.63, 3.8) is 0 Å². The molecule has 2 heterocycles. The lowest BCUT2D eigenvalue weighted by molar-refractivity contribution is 0.731. The molecule has 0 saturated heterocycles. The fourth-order valence-corrected chi connectivity index (χ4v) is 5.03. The SMILES string of the molecule is C=CCn1c(SCc2csc(-c3ccc(C)cc3)n2)nnc1-c1ccc(C(C)C)cc1. The molecule has 0 aliphatic rings. The molecule has 2 aromatic carbocycles. The molecule has 158 valence electrons. The van der Waals surface area contributed by atoms with E-state index in [9.17, 15) is 0 Å². The summed E-state index contributed by atoms with van der Waals surface area (Å²) in [6, 6.07) is 17.1. The zero-order chi connectivity index (χ0) is 21.8. The molecule has 0 aliphatic carbocycles. The van der Waals surface area contributed by atoms with E-state index in [4.69, 9.17) is 4.98 Å². The number of rotatable bonds is 8. The minimum Gasteiger partial charge on any atom is -0.298 e. The van der Waals surface area contributed by atoms with Gasteiger partial charge in [-0.2, -0.15) is 0 Å². The van der Waals surface area contributed by atoms with Crippen molar-refractivity contribution in [1.29, 1.82) is 0 Å². The number of benzene rings is 2. The van der Waals surface area contributed by atoms with Gasteiger partial charge in [0.05, 0.1) is 5.69 Å². The van der Waals surface area contributed by atoms with Crippen LogP contribution >= 0.6 is 23.1 Å². The van der Waals surface area contributed by atoms with Crippen LogP contribution in [-0.4, -0.2) is 19.7 Å². The zero-order valence-corrected chi connectivity index (χ0v) is 19.7. The fourth-order valence-electron chi connectivity index (χ4n) is 3.26. The van der Waals surface area contributed by atoms with Gasteiger partial charge in [-0.25, -0.2) is 4.98 Å². The topological polar surface area (TPSA) is 43.6 Å². The lowest BCUT2D eigenvalue weighted by Gasteiger charge is -2.09. The van der Waals surface area contributed by atoms with E-state index in [1.54, 1.807) is 23.1 Å². The summed E-state index contributed by atoms with van der Waals surface area (Å²) in [5.41, 5.74) is 5.87. The summed E-state index contributed by atoms with van der Waals surface area (Å²) in [4.78, 5) is 4.81. The van der Waals surface area contributed by atoms with E-state index in [-0.39, 0.29) is 0 Å². The Bertz CT molecular complexity index is 1160. The van der Waals surface area contributed by atoms with E-state index in [2.05, 4.69) is 96.0 Å². The van der Waals surface area contributed by atoms with Crippen LogP contribution in [-0.2, 0) is 12.3 Å². The lowest BCUT2D eigenvalue weighted by atomic mass is 10.0. The Morgan fingerprint density at radius 2 is 1.74 bits per heavy atom. The van der Waals surface area contributed by atoms with Crippen molar-refractivity contribution in [1.82, 2.24) is 19.7 Å². The summed E-state index contributed by atoms with van der Waals surface area (Å²) in [6.45, 7) is 11.1. The summed E-state index contributed by atoms with van der Waals surface area (Å²) in [5, 5.41) is 13.0. The number of nitrogens with zero attached hydrogens (tertiary/aromatic N) is 4. The number of hydrogen-bond donors (Lipinski definition) is 0. The van der Waals surface area contributed by atoms with Crippen LogP contribution in [0, 0.1) is 6.92 Å². The Morgan fingerprint density at radius 3 is 2.42 bits per heavy atom. The van der Waals surface area contributed by atoms with E-state index in [0.717, 1.165) is 38.6 Å². The predicted molar refractivity (Wildman–Crippen MR) is 132 cm³/mol. The fraction of sp³-hybridized carbons (Fsp3) is 0.240. The molecule has 0 saturated carbocycles. The maximum Gasteiger partial charge on any atom is 0.192 e. The molecule has 0 aliphatic heterocycles. The summed E-state index contributed by atoms with van der Waals surface area (Å²) >= 11 is 3.34. The predicted octanol–water partition coefficient (Wildman–Crippen LogP) is 6.98. The highest BCUT2D eigenvalue weighted by Gasteiger charge is 2.15. The number of allylic oxidation sites excluding steroid dienone is 1. The molecule has 0 bridgehead atoms. The van der Waals surface area contributed by atoms with Crippen LogP contribution in [0.2, 0.25) is 0 Å². The monoisotopic (exact) mass is 446 g/mol. The molecule has 0 unspecified atom stereocenters. The van der Waals surface area contributed by atoms with Crippen LogP contribution < -0.4 is 0 Å². The second-order valence-corrected chi connectivity index (χ2v) is 9.58. The maximum atomic E-state index is 4.81. The third-order valence-electron chi connectivity index (χ3n) is 5.06. The van der Waals surface area contributed by atoms with Gasteiger partial charge in [0.2, 0.25) is 0 Å². The largest absolute Gasteiger partial charge is 0.298 e. The van der Waals surface area contributed by atoms with E-state index in [1.807, 2.05) is 6.08 Å². The molecule has 2 aromatic heterocycles. The first-order chi connectivity index (χ1) is 15.0. The normalized spacial score (nSPS) is 11.2. The number of aryl methyl sites for hydroxylation is 1. The van der Waals surface area contributed by atoms with E-state index in [0.29, 0.717) is 12.5 Å². The van der Waals surface area contributed by atoms with Gasteiger partial charge in [0.25, 0.3) is 0 Å². The van der Waals surface area contributed by atoms with Crippen molar-refractivity contribution < 1.29 is 0 Å². The van der Waals surface area contributed by atoms with Crippen LogP contribution in [0.5, 0.6) is 0 Å². The Kier molecular flexibility index (Phi) is 6.68. The van der Waals surface area contributed by atoms with Crippen molar-refractivity contribution in [2.24, 2.45) is 0 Å². The second-order valence-electron chi connectivity index (χ2n) is 7.78. The van der Waals surface area contributed by atoms with Gasteiger partial charge in [-0.15, -0.1) is 28.1 Å². The van der Waals surface area contributed by atoms with Crippen molar-refractivity contribution in [2.45, 2.75) is 44.1 Å². The van der Waals surface area contributed by atoms with Crippen molar-refractivity contribution in [2.75, 3.05) is 0 Å². The summed E-state index contributed by atoms with van der Waals surface area (Å²) in [5.74, 6) is 2.13. The average molecular weight is 447 g/mol. The molecule has 4 rings (SSSR count). The third-order valence-corrected chi connectivity index (χ3v) is 7.00. The molecule has 0 radical (unpaired) electrons. The first-order valence-corrected chi connectivity index (χ1v) is 12.2. The van der Waals surface area contributed by atoms with Gasteiger partial charge in [-0.1, -0.05) is 85.8 Å². The molecule has 4 aromatic rings. The Balaban J connectivity index is 1.51. The number of thiazole rings is 1. The van der Waals surface area contributed by atoms with Crippen LogP contribution in [0.1, 0.15) is 36.6 Å². The Labute approximate surface area is 192 Å². The van der Waals surface area contributed by atoms with Crippen molar-refractivity contribution >= 4 is 23.1 Å². The van der Waals surface area contributed by atoms with Crippen LogP contribution in [0.15, 0.2) is 71.7 Å². The standard InChI is InChI=1S/C25H26N4S2/c1-5-14-29-23(20-12-10-19(11-13-20)17(2)3)27-28-25(29)31-16-22-15-30-24(26-22)21-8-6-18(4)7-9-21/h5-13,15,17H,1,14,16H2,2-4H3. The van der Waals surface area contributed by atoms with E-state index >= 15 is 0 Å². The Hall–Kier alpha value is -2.70. The Morgan fingerprint density at radius 1 is 1.03 bits per heavy atom. The van der Waals surface area contributed by atoms with Gasteiger partial charge >= 0.3 is 0 Å². The average Bonchev–Trinajstić information content (AvgIpc) is 3.40. The molecule has 4 nitrogen and oxygen atoms in total. The first kappa shape index (κ1) is 21.5. The van der Waals surface area contributed by atoms with E-state index in [1.165, 1.54) is 11.1 Å². The molecule has 0 fully saturated rings. The van der Waals surface area contributed by atoms with Crippen LogP contribution in [0.25, 0.3) is 22.0 Å². The van der Waals surface area contributed by atoms with Gasteiger partial charge in [0.15, 0.2) is 11.0 Å². The molecular weight excluding hydrogens is 420 g/mol. The van der Waals surface area contributed by atoms with Crippen molar-refractivity contribution in [3.8, 4) is 22.0 Å². The lowest BCUT2D eigenvalue weighted by Crippen LogP contribution is -2.01. The highest BCUT2D eigenvalue weighted by Crippen LogP contribution is 2.30. The van der Waals surface area contributed by atoms with Crippen LogP contribution in [0.3, 0.4) is 0 Å². The van der Waals surface area contributed by atoms with Gasteiger partial charge in [-0.3, -0.25) is 4.57 Å². The van der Waals surface area contributed by atoms with Gasteiger partial charge in [0.1, 0.15) is 5.01 Å². The quantitative estimate of drug-likeness (QED) is 0.216. The number of aromatic nitrogens is 4. The molecule has 0 spiro atoms. The smallest absolute Gasteiger partial charge is 0.192 e. The molecule has 6 heteroatoms. The highest BCUT2D eigenvalue weighted by molar-refractivity contribution is 7.98. The molecule has 0 atom stereocenters. The zero-order valence-electron chi connectivity index (χ0n) is 18.1. The molecule has 0 amide bonds. The summed E-state index contributed by atoms with van der Waals surface area (Å²) in [7, 11) is 0. The van der Waals surface area contributed by atoms with E-state index < -0.39 is 0 Å². The van der Waals surface area contributed by atoms with Gasteiger partial charge < -0.3 is 0 Å². The minimum atomic E-state index is 0.508. The molecule has 31 heavy (non-hydrogen) atoms. The summed E-state index contributed by atoms with van der Waals surface area (Å²) < 4.78 is 2.12. The van der Waals surface area contributed by atoms with Gasteiger partial charge in [-0.05, 0) is 18.4 Å². The second kappa shape index (κ2) is 9.62. The summed E-state index contributed by atoms with van der Waals surface area (Å²) in [6.07, 6.45) is 1.89. The maximum absolute atomic E-state index is 4.81. The molecule has 0 N–H and O–H groups in total.